The van der Waals surface area contributed by atoms with Crippen molar-refractivity contribution in [2.45, 2.75) is 25.3 Å². The van der Waals surface area contributed by atoms with Crippen molar-refractivity contribution in [2.75, 3.05) is 10.6 Å². The molecule has 0 saturated heterocycles. The molecule has 0 bridgehead atoms. The van der Waals surface area contributed by atoms with Gasteiger partial charge in [-0.15, -0.1) is 0 Å². The summed E-state index contributed by atoms with van der Waals surface area (Å²) in [4.78, 5) is 22.0. The SMILES string of the molecule is CC(=O)Nc1ccc2c(c1)C1C=CCC1C(c1cc([N+](=O)[O-])ccc1O)N2. The number of allylic oxidation sites excluding steroid dienone is 2. The Morgan fingerprint density at radius 3 is 2.81 bits per heavy atom. The first-order chi connectivity index (χ1) is 12.9. The average Bonchev–Trinajstić information content (AvgIpc) is 3.11. The Kier molecular flexibility index (Phi) is 4.07. The summed E-state index contributed by atoms with van der Waals surface area (Å²) in [6.45, 7) is 1.47. The van der Waals surface area contributed by atoms with E-state index in [1.165, 1.54) is 25.1 Å². The molecule has 4 rings (SSSR count). The molecule has 1 aliphatic heterocycles. The molecule has 2 aromatic carbocycles. The Labute approximate surface area is 155 Å². The largest absolute Gasteiger partial charge is 0.508 e. The number of nitro groups is 1. The molecule has 7 nitrogen and oxygen atoms in total. The minimum Gasteiger partial charge on any atom is -0.508 e. The van der Waals surface area contributed by atoms with Crippen LogP contribution in [0.15, 0.2) is 48.6 Å². The monoisotopic (exact) mass is 365 g/mol. The van der Waals surface area contributed by atoms with Crippen LogP contribution in [0.1, 0.15) is 36.4 Å². The van der Waals surface area contributed by atoms with Crippen LogP contribution >= 0.6 is 0 Å². The number of carbonyl (C=O) groups excluding carboxylic acids is 1. The van der Waals surface area contributed by atoms with Crippen LogP contribution in [0.25, 0.3) is 0 Å². The molecule has 3 unspecified atom stereocenters. The van der Waals surface area contributed by atoms with E-state index in [2.05, 4.69) is 22.8 Å². The lowest BCUT2D eigenvalue weighted by molar-refractivity contribution is -0.385. The molecule has 0 radical (unpaired) electrons. The van der Waals surface area contributed by atoms with Crippen molar-refractivity contribution in [1.82, 2.24) is 0 Å². The van der Waals surface area contributed by atoms with Gasteiger partial charge in [0.15, 0.2) is 0 Å². The van der Waals surface area contributed by atoms with E-state index in [1.807, 2.05) is 18.2 Å². The first-order valence-corrected chi connectivity index (χ1v) is 8.76. The van der Waals surface area contributed by atoms with Gasteiger partial charge in [-0.25, -0.2) is 0 Å². The first-order valence-electron chi connectivity index (χ1n) is 8.76. The number of non-ortho nitro benzene ring substituents is 1. The van der Waals surface area contributed by atoms with Crippen molar-refractivity contribution in [1.29, 1.82) is 0 Å². The lowest BCUT2D eigenvalue weighted by atomic mass is 9.76. The molecular weight excluding hydrogens is 346 g/mol. The van der Waals surface area contributed by atoms with Crippen molar-refractivity contribution >= 4 is 23.0 Å². The molecule has 2 aliphatic rings. The molecule has 7 heteroatoms. The van der Waals surface area contributed by atoms with Gasteiger partial charge in [-0.1, -0.05) is 12.2 Å². The van der Waals surface area contributed by atoms with Gasteiger partial charge in [0, 0.05) is 41.9 Å². The number of hydrogen-bond acceptors (Lipinski definition) is 5. The van der Waals surface area contributed by atoms with E-state index < -0.39 is 4.92 Å². The highest BCUT2D eigenvalue weighted by atomic mass is 16.6. The van der Waals surface area contributed by atoms with Crippen LogP contribution in [0.5, 0.6) is 5.75 Å². The van der Waals surface area contributed by atoms with Crippen LogP contribution in [0, 0.1) is 16.0 Å². The van der Waals surface area contributed by atoms with Crippen molar-refractivity contribution in [3.05, 3.63) is 69.8 Å². The van der Waals surface area contributed by atoms with Gasteiger partial charge in [0.1, 0.15) is 5.75 Å². The van der Waals surface area contributed by atoms with Gasteiger partial charge in [-0.3, -0.25) is 14.9 Å². The summed E-state index contributed by atoms with van der Waals surface area (Å²) in [5, 5.41) is 27.7. The van der Waals surface area contributed by atoms with Gasteiger partial charge in [0.05, 0.1) is 11.0 Å². The number of fused-ring (bicyclic) bond motifs is 3. The third-order valence-corrected chi connectivity index (χ3v) is 5.24. The molecule has 3 N–H and O–H groups in total. The fourth-order valence-electron chi connectivity index (χ4n) is 4.09. The zero-order valence-corrected chi connectivity index (χ0v) is 14.7. The standard InChI is InChI=1S/C20H19N3O4/c1-11(24)21-12-5-7-18-16(9-12)14-3-2-4-15(14)20(22-18)17-10-13(23(26)27)6-8-19(17)25/h2-3,5-10,14-15,20,22,25H,4H2,1H3,(H,21,24). The number of anilines is 2. The number of phenolic OH excluding ortho intramolecular Hbond substituents is 1. The Morgan fingerprint density at radius 2 is 2.07 bits per heavy atom. The summed E-state index contributed by atoms with van der Waals surface area (Å²) in [6, 6.07) is 9.55. The minimum atomic E-state index is -0.455. The molecule has 0 spiro atoms. The zero-order chi connectivity index (χ0) is 19.1. The zero-order valence-electron chi connectivity index (χ0n) is 14.7. The third-order valence-electron chi connectivity index (χ3n) is 5.24. The Hall–Kier alpha value is -3.35. The van der Waals surface area contributed by atoms with Crippen LogP contribution in [0.2, 0.25) is 0 Å². The fraction of sp³-hybridized carbons (Fsp3) is 0.250. The van der Waals surface area contributed by atoms with Gasteiger partial charge in [0.2, 0.25) is 5.91 Å². The number of hydrogen-bond donors (Lipinski definition) is 3. The van der Waals surface area contributed by atoms with Crippen molar-refractivity contribution < 1.29 is 14.8 Å². The number of phenols is 1. The van der Waals surface area contributed by atoms with Gasteiger partial charge < -0.3 is 15.7 Å². The molecule has 1 heterocycles. The molecule has 3 atom stereocenters. The van der Waals surface area contributed by atoms with Crippen molar-refractivity contribution in [3.8, 4) is 5.75 Å². The van der Waals surface area contributed by atoms with Crippen LogP contribution in [0.3, 0.4) is 0 Å². The number of nitrogens with zero attached hydrogens (tertiary/aromatic N) is 1. The molecule has 138 valence electrons. The first kappa shape index (κ1) is 17.1. The second kappa shape index (κ2) is 6.42. The number of nitrogens with one attached hydrogen (secondary N) is 2. The van der Waals surface area contributed by atoms with Crippen LogP contribution in [-0.2, 0) is 4.79 Å². The number of aromatic hydroxyl groups is 1. The summed E-state index contributed by atoms with van der Waals surface area (Å²) in [5.41, 5.74) is 3.19. The second-order valence-electron chi connectivity index (χ2n) is 6.96. The molecule has 2 aromatic rings. The maximum absolute atomic E-state index is 11.3. The molecule has 1 amide bonds. The van der Waals surface area contributed by atoms with Gasteiger partial charge in [-0.05, 0) is 42.2 Å². The number of nitro benzene ring substituents is 1. The lowest BCUT2D eigenvalue weighted by Crippen LogP contribution is -2.29. The van der Waals surface area contributed by atoms with Gasteiger partial charge in [-0.2, -0.15) is 0 Å². The molecule has 1 aliphatic carbocycles. The molecule has 27 heavy (non-hydrogen) atoms. The van der Waals surface area contributed by atoms with E-state index in [4.69, 9.17) is 0 Å². The highest BCUT2D eigenvalue weighted by molar-refractivity contribution is 5.89. The van der Waals surface area contributed by atoms with Crippen LogP contribution in [0.4, 0.5) is 17.1 Å². The fourth-order valence-corrected chi connectivity index (χ4v) is 4.09. The van der Waals surface area contributed by atoms with E-state index in [0.29, 0.717) is 5.56 Å². The Morgan fingerprint density at radius 1 is 1.26 bits per heavy atom. The predicted octanol–water partition coefficient (Wildman–Crippen LogP) is 4.09. The topological polar surface area (TPSA) is 104 Å². The predicted molar refractivity (Wildman–Crippen MR) is 102 cm³/mol. The summed E-state index contributed by atoms with van der Waals surface area (Å²) in [5.74, 6) is 0.148. The Bertz CT molecular complexity index is 970. The van der Waals surface area contributed by atoms with Gasteiger partial charge in [0.25, 0.3) is 5.69 Å². The smallest absolute Gasteiger partial charge is 0.270 e. The normalized spacial score (nSPS) is 22.5. The Balaban J connectivity index is 1.76. The summed E-state index contributed by atoms with van der Waals surface area (Å²) < 4.78 is 0. The minimum absolute atomic E-state index is 0.0427. The maximum Gasteiger partial charge on any atom is 0.270 e. The van der Waals surface area contributed by atoms with E-state index >= 15 is 0 Å². The number of carbonyl (C=O) groups is 1. The highest BCUT2D eigenvalue weighted by Crippen LogP contribution is 2.51. The number of amides is 1. The number of rotatable bonds is 3. The maximum atomic E-state index is 11.3. The highest BCUT2D eigenvalue weighted by Gasteiger charge is 2.39. The van der Waals surface area contributed by atoms with E-state index in [1.54, 1.807) is 0 Å². The summed E-state index contributed by atoms with van der Waals surface area (Å²) in [6.07, 6.45) is 5.02. The lowest BCUT2D eigenvalue weighted by Gasteiger charge is -2.37. The second-order valence-corrected chi connectivity index (χ2v) is 6.96. The summed E-state index contributed by atoms with van der Waals surface area (Å²) in [7, 11) is 0. The quantitative estimate of drug-likeness (QED) is 0.432. The molecule has 0 fully saturated rings. The summed E-state index contributed by atoms with van der Waals surface area (Å²) >= 11 is 0. The molecular formula is C20H19N3O4. The van der Waals surface area contributed by atoms with Gasteiger partial charge >= 0.3 is 0 Å². The van der Waals surface area contributed by atoms with E-state index in [-0.39, 0.29) is 35.2 Å². The van der Waals surface area contributed by atoms with Crippen molar-refractivity contribution in [2.24, 2.45) is 5.92 Å². The van der Waals surface area contributed by atoms with Crippen LogP contribution in [-0.4, -0.2) is 15.9 Å². The average molecular weight is 365 g/mol. The van der Waals surface area contributed by atoms with Crippen molar-refractivity contribution in [3.63, 3.8) is 0 Å². The number of benzene rings is 2. The van der Waals surface area contributed by atoms with Crippen LogP contribution < -0.4 is 10.6 Å². The molecule has 0 saturated carbocycles. The van der Waals surface area contributed by atoms with E-state index in [0.717, 1.165) is 23.4 Å². The molecule has 0 aromatic heterocycles. The van der Waals surface area contributed by atoms with E-state index in [9.17, 15) is 20.0 Å². The third kappa shape index (κ3) is 3.01.